The molecule has 1 aliphatic carbocycles. The van der Waals surface area contributed by atoms with Crippen LogP contribution in [0.5, 0.6) is 5.75 Å². The summed E-state index contributed by atoms with van der Waals surface area (Å²) in [6.45, 7) is 12.4. The first-order chi connectivity index (χ1) is 11.4. The molecule has 0 heterocycles. The van der Waals surface area contributed by atoms with Gasteiger partial charge in [-0.2, -0.15) is 0 Å². The Labute approximate surface area is 151 Å². The molecular weight excluding hydrogens is 334 g/mol. The quantitative estimate of drug-likeness (QED) is 0.641. The zero-order chi connectivity index (χ0) is 19.0. The molecule has 0 unspecified atom stereocenters. The first-order valence-electron chi connectivity index (χ1n) is 8.59. The van der Waals surface area contributed by atoms with Crippen molar-refractivity contribution in [2.75, 3.05) is 7.11 Å². The normalized spacial score (nSPS) is 22.9. The molecule has 1 fully saturated rings. The van der Waals surface area contributed by atoms with E-state index >= 15 is 0 Å². The molecule has 0 saturated heterocycles. The molecule has 0 bridgehead atoms. The van der Waals surface area contributed by atoms with Gasteiger partial charge in [0.2, 0.25) is 14.2 Å². The maximum absolute atomic E-state index is 12.2. The molecule has 0 aromatic heterocycles. The molecule has 1 amide bonds. The topological polar surface area (TPSA) is 64.6 Å². The molecule has 1 aromatic rings. The fraction of sp³-hybridized carbons (Fsp3) is 0.579. The summed E-state index contributed by atoms with van der Waals surface area (Å²) in [4.78, 5) is 23.7. The molecule has 0 spiro atoms. The average molecular weight is 364 g/mol. The summed E-state index contributed by atoms with van der Waals surface area (Å²) in [6, 6.07) is 7.84. The van der Waals surface area contributed by atoms with Gasteiger partial charge in [-0.1, -0.05) is 32.9 Å². The fourth-order valence-electron chi connectivity index (χ4n) is 2.82. The third-order valence-corrected chi connectivity index (χ3v) is 9.71. The molecule has 0 aliphatic heterocycles. The van der Waals surface area contributed by atoms with Crippen molar-refractivity contribution in [2.24, 2.45) is 0 Å². The van der Waals surface area contributed by atoms with Gasteiger partial charge in [0.25, 0.3) is 0 Å². The van der Waals surface area contributed by atoms with Gasteiger partial charge in [-0.25, -0.2) is 4.79 Å². The number of methoxy groups -OCH3 is 1. The number of amides is 1. The van der Waals surface area contributed by atoms with Gasteiger partial charge in [-0.15, -0.1) is 0 Å². The molecule has 0 radical (unpaired) electrons. The lowest BCUT2D eigenvalue weighted by Gasteiger charge is -2.36. The largest absolute Gasteiger partial charge is 0.543 e. The Morgan fingerprint density at radius 2 is 1.92 bits per heavy atom. The Kier molecular flexibility index (Phi) is 5.05. The highest BCUT2D eigenvalue weighted by Gasteiger charge is 2.62. The number of benzene rings is 1. The number of hydrogen-bond donors (Lipinski definition) is 1. The number of carbonyl (C=O) groups excluding carboxylic acids is 2. The second-order valence-electron chi connectivity index (χ2n) is 8.34. The monoisotopic (exact) mass is 363 g/mol. The summed E-state index contributed by atoms with van der Waals surface area (Å²) in [5, 5.41) is 2.88. The van der Waals surface area contributed by atoms with Gasteiger partial charge in [0.1, 0.15) is 11.3 Å². The highest BCUT2D eigenvalue weighted by Crippen LogP contribution is 2.53. The van der Waals surface area contributed by atoms with Gasteiger partial charge in [0.15, 0.2) is 0 Å². The second kappa shape index (κ2) is 6.48. The minimum Gasteiger partial charge on any atom is -0.543 e. The van der Waals surface area contributed by atoms with E-state index in [-0.39, 0.29) is 16.9 Å². The summed E-state index contributed by atoms with van der Waals surface area (Å²) in [5.41, 5.74) is 0.0336. The molecule has 1 N–H and O–H groups in total. The molecule has 2 atom stereocenters. The third-order valence-electron chi connectivity index (χ3n) is 5.35. The smallest absolute Gasteiger partial charge is 0.332 e. The van der Waals surface area contributed by atoms with Crippen LogP contribution in [0.15, 0.2) is 24.3 Å². The lowest BCUT2D eigenvalue weighted by molar-refractivity contribution is -0.146. The third kappa shape index (κ3) is 3.89. The van der Waals surface area contributed by atoms with Crippen LogP contribution in [-0.4, -0.2) is 32.8 Å². The van der Waals surface area contributed by atoms with E-state index in [2.05, 4.69) is 39.2 Å². The molecule has 6 heteroatoms. The van der Waals surface area contributed by atoms with Gasteiger partial charge >= 0.3 is 5.97 Å². The van der Waals surface area contributed by atoms with Crippen molar-refractivity contribution in [3.05, 3.63) is 29.8 Å². The van der Waals surface area contributed by atoms with Crippen LogP contribution in [0.4, 0.5) is 0 Å². The average Bonchev–Trinajstić information content (AvgIpc) is 3.19. The number of rotatable bonds is 5. The van der Waals surface area contributed by atoms with Crippen LogP contribution in [0.2, 0.25) is 18.1 Å². The van der Waals surface area contributed by atoms with E-state index in [4.69, 9.17) is 9.16 Å². The predicted molar refractivity (Wildman–Crippen MR) is 100 cm³/mol. The first kappa shape index (κ1) is 19.5. The highest BCUT2D eigenvalue weighted by atomic mass is 28.4. The Morgan fingerprint density at radius 3 is 2.44 bits per heavy atom. The summed E-state index contributed by atoms with van der Waals surface area (Å²) in [6.07, 6.45) is 0.544. The van der Waals surface area contributed by atoms with Gasteiger partial charge < -0.3 is 14.5 Å². The molecular formula is C19H29NO4Si. The standard InChI is InChI=1S/C19H29NO4Si/c1-13(21)20-19(17(22)23-5)12-16(19)14-9-8-10-15(11-14)24-25(6,7)18(2,3)4/h8-11,16H,12H2,1-7H3,(H,20,21)/t16-,19-/m0/s1. The first-order valence-corrected chi connectivity index (χ1v) is 11.5. The summed E-state index contributed by atoms with van der Waals surface area (Å²) >= 11 is 0. The molecule has 2 rings (SSSR count). The Balaban J connectivity index is 2.25. The Morgan fingerprint density at radius 1 is 1.28 bits per heavy atom. The van der Waals surface area contributed by atoms with E-state index < -0.39 is 19.8 Å². The minimum atomic E-state index is -1.93. The summed E-state index contributed by atoms with van der Waals surface area (Å²) in [7, 11) is -0.589. The number of carbonyl (C=O) groups is 2. The number of esters is 1. The molecule has 5 nitrogen and oxygen atoms in total. The van der Waals surface area contributed by atoms with Crippen LogP contribution in [0, 0.1) is 0 Å². The van der Waals surface area contributed by atoms with E-state index in [1.54, 1.807) is 0 Å². The van der Waals surface area contributed by atoms with Crippen molar-refractivity contribution in [3.63, 3.8) is 0 Å². The summed E-state index contributed by atoms with van der Waals surface area (Å²) < 4.78 is 11.3. The van der Waals surface area contributed by atoms with Gasteiger partial charge in [0, 0.05) is 12.8 Å². The van der Waals surface area contributed by atoms with E-state index in [9.17, 15) is 9.59 Å². The van der Waals surface area contributed by atoms with Crippen LogP contribution in [0.1, 0.15) is 45.6 Å². The van der Waals surface area contributed by atoms with Crippen LogP contribution >= 0.6 is 0 Å². The fourth-order valence-corrected chi connectivity index (χ4v) is 3.84. The van der Waals surface area contributed by atoms with Crippen molar-refractivity contribution < 1.29 is 18.8 Å². The van der Waals surface area contributed by atoms with Crippen LogP contribution in [-0.2, 0) is 14.3 Å². The van der Waals surface area contributed by atoms with Gasteiger partial charge in [-0.05, 0) is 42.2 Å². The second-order valence-corrected chi connectivity index (χ2v) is 13.1. The molecule has 25 heavy (non-hydrogen) atoms. The summed E-state index contributed by atoms with van der Waals surface area (Å²) in [5.74, 6) is 0.0920. The lowest BCUT2D eigenvalue weighted by Crippen LogP contribution is -2.44. The van der Waals surface area contributed by atoms with Crippen molar-refractivity contribution in [2.45, 2.75) is 63.7 Å². The lowest BCUT2D eigenvalue weighted by atomic mass is 10.1. The maximum atomic E-state index is 12.2. The van der Waals surface area contributed by atoms with Crippen LogP contribution in [0.25, 0.3) is 0 Å². The maximum Gasteiger partial charge on any atom is 0.332 e. The van der Waals surface area contributed by atoms with Gasteiger partial charge in [-0.3, -0.25) is 4.79 Å². The van der Waals surface area contributed by atoms with Crippen molar-refractivity contribution in [1.82, 2.24) is 5.32 Å². The van der Waals surface area contributed by atoms with E-state index in [0.29, 0.717) is 6.42 Å². The van der Waals surface area contributed by atoms with Crippen molar-refractivity contribution >= 4 is 20.2 Å². The van der Waals surface area contributed by atoms with E-state index in [1.165, 1.54) is 14.0 Å². The molecule has 138 valence electrons. The van der Waals surface area contributed by atoms with E-state index in [1.807, 2.05) is 24.3 Å². The minimum absolute atomic E-state index is 0.0909. The van der Waals surface area contributed by atoms with Gasteiger partial charge in [0.05, 0.1) is 7.11 Å². The zero-order valence-corrected chi connectivity index (χ0v) is 17.2. The molecule has 1 saturated carbocycles. The Hall–Kier alpha value is -1.82. The number of ether oxygens (including phenoxy) is 1. The zero-order valence-electron chi connectivity index (χ0n) is 16.2. The Bertz CT molecular complexity index is 680. The van der Waals surface area contributed by atoms with Crippen molar-refractivity contribution in [1.29, 1.82) is 0 Å². The number of hydrogen-bond acceptors (Lipinski definition) is 4. The molecule has 1 aromatic carbocycles. The van der Waals surface area contributed by atoms with E-state index in [0.717, 1.165) is 11.3 Å². The highest BCUT2D eigenvalue weighted by molar-refractivity contribution is 6.74. The SMILES string of the molecule is COC(=O)[C@]1(NC(C)=O)C[C@H]1c1cccc(O[Si](C)(C)C(C)(C)C)c1. The predicted octanol–water partition coefficient (Wildman–Crippen LogP) is 3.61. The molecule has 1 aliphatic rings. The van der Waals surface area contributed by atoms with Crippen molar-refractivity contribution in [3.8, 4) is 5.75 Å². The van der Waals surface area contributed by atoms with Crippen LogP contribution < -0.4 is 9.74 Å². The number of nitrogens with one attached hydrogen (secondary N) is 1. The van der Waals surface area contributed by atoms with Crippen LogP contribution in [0.3, 0.4) is 0 Å².